The summed E-state index contributed by atoms with van der Waals surface area (Å²) in [6, 6.07) is 0.525. The molecule has 5 aliphatic rings. The van der Waals surface area contributed by atoms with Gasteiger partial charge in [-0.15, -0.1) is 5.10 Å². The third-order valence-electron chi connectivity index (χ3n) is 13.7. The van der Waals surface area contributed by atoms with E-state index in [1.54, 1.807) is 23.0 Å². The molecule has 19 atom stereocenters. The first kappa shape index (κ1) is 56.1. The summed E-state index contributed by atoms with van der Waals surface area (Å²) in [7, 11) is 0. The Morgan fingerprint density at radius 2 is 1.53 bits per heavy atom. The Labute approximate surface area is 417 Å². The molecule has 1 aromatic heterocycles. The van der Waals surface area contributed by atoms with E-state index >= 15 is 0 Å². The number of amides is 3. The van der Waals surface area contributed by atoms with Crippen LogP contribution in [0.25, 0.3) is 0 Å². The molecule has 72 heavy (non-hydrogen) atoms. The second kappa shape index (κ2) is 25.3. The number of rotatable bonds is 22. The van der Waals surface area contributed by atoms with Crippen LogP contribution in [0, 0.1) is 5.92 Å². The number of ether oxygens (including phenoxy) is 5. The number of nitrogens with two attached hydrogens (primary N) is 6. The predicted octanol–water partition coefficient (Wildman–Crippen LogP) is -6.49. The number of nitrogens with one attached hydrogen (secondary N) is 1. The highest BCUT2D eigenvalue weighted by Crippen LogP contribution is 2.38. The molecule has 3 amide bonds. The van der Waals surface area contributed by atoms with E-state index in [-0.39, 0.29) is 67.8 Å². The molecule has 0 radical (unpaired) electrons. The first-order chi connectivity index (χ1) is 34.4. The Hall–Kier alpha value is -3.64. The van der Waals surface area contributed by atoms with E-state index < -0.39 is 128 Å². The van der Waals surface area contributed by atoms with Gasteiger partial charge in [0.1, 0.15) is 60.8 Å². The normalized spacial score (nSPS) is 37.2. The van der Waals surface area contributed by atoms with Crippen molar-refractivity contribution in [3.8, 4) is 5.75 Å². The van der Waals surface area contributed by atoms with E-state index in [1.807, 2.05) is 0 Å². The average Bonchev–Trinajstić information content (AvgIpc) is 3.94. The van der Waals surface area contributed by atoms with Crippen molar-refractivity contribution < 1.29 is 83.7 Å². The van der Waals surface area contributed by atoms with Gasteiger partial charge in [-0.2, -0.15) is 16.8 Å². The number of nitrogens with zero attached hydrogens (tertiary/aromatic N) is 4. The lowest BCUT2D eigenvalue weighted by Gasteiger charge is -2.51. The van der Waals surface area contributed by atoms with Crippen LogP contribution in [-0.2, 0) is 57.9 Å². The minimum Gasteiger partial charge on any atom is -0.487 e. The number of aliphatic hydroxyl groups excluding tert-OH is 6. The van der Waals surface area contributed by atoms with Gasteiger partial charge in [-0.05, 0) is 37.0 Å². The topological polar surface area (TPSA) is 460 Å². The van der Waals surface area contributed by atoms with Crippen molar-refractivity contribution in [1.82, 2.24) is 25.4 Å². The fourth-order valence-electron chi connectivity index (χ4n) is 9.48. The largest absolute Gasteiger partial charge is 0.487 e. The molecule has 0 spiro atoms. The van der Waals surface area contributed by atoms with Gasteiger partial charge in [0.25, 0.3) is 11.8 Å². The molecule has 5 heterocycles. The number of hydroxylamine groups is 2. The number of hydrogen-bond acceptors (Lipinski definition) is 26. The van der Waals surface area contributed by atoms with Crippen molar-refractivity contribution in [3.05, 3.63) is 41.2 Å². The first-order valence-corrected chi connectivity index (χ1v) is 25.1. The Morgan fingerprint density at radius 1 is 0.819 bits per heavy atom. The Morgan fingerprint density at radius 3 is 2.26 bits per heavy atom. The SMILES string of the molecule is NC[C@H]1O[C@H]([C@H]2[C@H](O[C@@H]3O[C@H](CSCCNC(=O)CCCCCn4cc(COc5ccc6c(c5)C(=O)N(O)C(=O)C6)nn4)[C@@H](OO[C@H]4O[C@H](CN)[C@@H](O)[C@H](O)[C@H]4N)[C@H]3O)[C@@H](O)[C@H](N)C[C@@H]2N)[C@H](N)[C@@H](O)[C@@H]1O. The van der Waals surface area contributed by atoms with Gasteiger partial charge in [0.15, 0.2) is 12.4 Å². The molecule has 404 valence electrons. The smallest absolute Gasteiger partial charge is 0.285 e. The molecule has 20 N–H and O–H groups in total. The molecule has 2 aromatic rings. The summed E-state index contributed by atoms with van der Waals surface area (Å²) in [5, 5.41) is 86.3. The lowest BCUT2D eigenvalue weighted by atomic mass is 9.71. The number of imide groups is 1. The molecule has 4 fully saturated rings. The van der Waals surface area contributed by atoms with Crippen LogP contribution in [-0.4, -0.2) is 215 Å². The molecule has 0 bridgehead atoms. The van der Waals surface area contributed by atoms with Gasteiger partial charge in [-0.25, -0.2) is 9.78 Å². The molecule has 28 nitrogen and oxygen atoms in total. The van der Waals surface area contributed by atoms with E-state index in [2.05, 4.69) is 15.6 Å². The van der Waals surface area contributed by atoms with Crippen LogP contribution in [0.2, 0.25) is 0 Å². The number of unbranched alkanes of at least 4 members (excludes halogenated alkanes) is 2. The van der Waals surface area contributed by atoms with Crippen molar-refractivity contribution in [2.24, 2.45) is 40.3 Å². The highest BCUT2D eigenvalue weighted by Gasteiger charge is 2.56. The summed E-state index contributed by atoms with van der Waals surface area (Å²) in [4.78, 5) is 48.0. The standard InChI is InChI=1S/C43H69N11O17S/c44-13-24-33(58)35(60)30(48)39(66-24)29-22(46)12-23(47)32(57)40(29)69-43-37(62)38(70-71-42-31(49)36(61)34(59)25(14-45)67-42)26(68-43)17-72-9-7-50-27(55)4-2-1-3-8-53-15-19(51-52-53)16-65-20-6-5-18-10-28(56)54(64)41(63)21(18)11-20/h5-6,11,15,22-26,29-40,42-43,57-62,64H,1-4,7-10,12-14,16-17,44-49H2,(H,50,55)/t22-,23+,24+,25+,26+,29-,30+,31+,32-,33+,34+,35+,36+,37+,38+,39+,40-,42+,43-/m0/s1. The summed E-state index contributed by atoms with van der Waals surface area (Å²) in [6.45, 7) is 0.549. The highest BCUT2D eigenvalue weighted by atomic mass is 32.2. The summed E-state index contributed by atoms with van der Waals surface area (Å²) < 4.78 is 31.6. The van der Waals surface area contributed by atoms with E-state index in [0.29, 0.717) is 35.7 Å². The quantitative estimate of drug-likeness (QED) is 0.0171. The van der Waals surface area contributed by atoms with Crippen LogP contribution >= 0.6 is 11.8 Å². The van der Waals surface area contributed by atoms with Gasteiger partial charge < -0.3 is 94.0 Å². The van der Waals surface area contributed by atoms with Crippen LogP contribution in [0.1, 0.15) is 53.7 Å². The lowest BCUT2D eigenvalue weighted by molar-refractivity contribution is -0.430. The van der Waals surface area contributed by atoms with Gasteiger partial charge in [0, 0.05) is 67.7 Å². The number of aryl methyl sites for hydroxylation is 1. The van der Waals surface area contributed by atoms with Crippen molar-refractivity contribution in [2.45, 2.75) is 162 Å². The van der Waals surface area contributed by atoms with Crippen LogP contribution < -0.4 is 44.5 Å². The molecule has 3 saturated heterocycles. The second-order valence-corrected chi connectivity index (χ2v) is 19.8. The number of benzene rings is 1. The minimum atomic E-state index is -1.62. The maximum atomic E-state index is 12.7. The van der Waals surface area contributed by atoms with E-state index in [9.17, 15) is 50.2 Å². The van der Waals surface area contributed by atoms with Crippen LogP contribution in [0.3, 0.4) is 0 Å². The van der Waals surface area contributed by atoms with Crippen molar-refractivity contribution in [3.63, 3.8) is 0 Å². The number of aliphatic hydroxyl groups is 6. The van der Waals surface area contributed by atoms with Crippen molar-refractivity contribution in [1.29, 1.82) is 0 Å². The lowest BCUT2D eigenvalue weighted by Crippen LogP contribution is -2.71. The Balaban J connectivity index is 0.876. The van der Waals surface area contributed by atoms with Crippen LogP contribution in [0.4, 0.5) is 0 Å². The predicted molar refractivity (Wildman–Crippen MR) is 247 cm³/mol. The zero-order valence-corrected chi connectivity index (χ0v) is 40.2. The molecule has 1 aromatic carbocycles. The number of fused-ring (bicyclic) bond motifs is 1. The summed E-state index contributed by atoms with van der Waals surface area (Å²) in [6.07, 6.45) is -14.4. The average molecular weight is 1040 g/mol. The minimum absolute atomic E-state index is 0.0698. The number of thioether (sulfide) groups is 1. The van der Waals surface area contributed by atoms with Crippen LogP contribution in [0.5, 0.6) is 5.75 Å². The zero-order chi connectivity index (χ0) is 52.0. The molecule has 1 aliphatic carbocycles. The Bertz CT molecular complexity index is 2120. The maximum absolute atomic E-state index is 12.7. The molecule has 1 saturated carbocycles. The summed E-state index contributed by atoms with van der Waals surface area (Å²) in [5.41, 5.74) is 38.1. The van der Waals surface area contributed by atoms with Gasteiger partial charge in [-0.3, -0.25) is 24.3 Å². The van der Waals surface area contributed by atoms with E-state index in [4.69, 9.17) is 67.9 Å². The molecule has 0 unspecified atom stereocenters. The highest BCUT2D eigenvalue weighted by molar-refractivity contribution is 7.99. The van der Waals surface area contributed by atoms with E-state index in [1.165, 1.54) is 17.8 Å². The van der Waals surface area contributed by atoms with Crippen molar-refractivity contribution >= 4 is 29.5 Å². The zero-order valence-electron chi connectivity index (χ0n) is 39.3. The molecular formula is C43H69N11O17S. The molecular weight excluding hydrogens is 975 g/mol. The summed E-state index contributed by atoms with van der Waals surface area (Å²) in [5.74, 6) is -1.70. The maximum Gasteiger partial charge on any atom is 0.285 e. The van der Waals surface area contributed by atoms with Gasteiger partial charge in [-0.1, -0.05) is 17.7 Å². The van der Waals surface area contributed by atoms with E-state index in [0.717, 1.165) is 12.8 Å². The van der Waals surface area contributed by atoms with Gasteiger partial charge >= 0.3 is 0 Å². The molecule has 4 aliphatic heterocycles. The summed E-state index contributed by atoms with van der Waals surface area (Å²) >= 11 is 1.34. The van der Waals surface area contributed by atoms with Gasteiger partial charge in [0.2, 0.25) is 12.2 Å². The fraction of sp³-hybridized carbons (Fsp3) is 0.744. The Kier molecular flexibility index (Phi) is 19.7. The molecule has 29 heteroatoms. The number of carbonyl (C=O) groups is 3. The monoisotopic (exact) mass is 1040 g/mol. The third kappa shape index (κ3) is 12.9. The number of hydrogen-bond donors (Lipinski definition) is 14. The second-order valence-electron chi connectivity index (χ2n) is 18.7. The van der Waals surface area contributed by atoms with Crippen LogP contribution in [0.15, 0.2) is 24.4 Å². The van der Waals surface area contributed by atoms with Gasteiger partial charge in [0.05, 0.1) is 49.1 Å². The first-order valence-electron chi connectivity index (χ1n) is 23.9. The molecule has 7 rings (SSSR count). The number of carbonyl (C=O) groups excluding carboxylic acids is 3. The fourth-order valence-corrected chi connectivity index (χ4v) is 10.4. The number of aromatic nitrogens is 3. The third-order valence-corrected chi connectivity index (χ3v) is 14.7. The van der Waals surface area contributed by atoms with Crippen molar-refractivity contribution in [2.75, 3.05) is 31.1 Å².